The van der Waals surface area contributed by atoms with Gasteiger partial charge in [-0.2, -0.15) is 0 Å². The van der Waals surface area contributed by atoms with Gasteiger partial charge in [-0.1, -0.05) is 0 Å². The largest absolute Gasteiger partial charge is 0.454 e. The molecule has 0 bridgehead atoms. The third-order valence-electron chi connectivity index (χ3n) is 2.95. The summed E-state index contributed by atoms with van der Waals surface area (Å²) < 4.78 is 42.4. The van der Waals surface area contributed by atoms with Crippen molar-refractivity contribution in [1.29, 1.82) is 0 Å². The minimum atomic E-state index is -3.60. The summed E-state index contributed by atoms with van der Waals surface area (Å²) in [5.74, 6) is 2.18. The first-order chi connectivity index (χ1) is 10.0. The van der Waals surface area contributed by atoms with Crippen molar-refractivity contribution in [1.82, 2.24) is 9.71 Å². The van der Waals surface area contributed by atoms with E-state index in [1.807, 2.05) is 0 Å². The predicted molar refractivity (Wildman–Crippen MR) is 72.7 cm³/mol. The number of benzene rings is 1. The molecule has 0 saturated carbocycles. The number of nitrogens with zero attached hydrogens (tertiary/aromatic N) is 1. The summed E-state index contributed by atoms with van der Waals surface area (Å²) in [6.07, 6.45) is 1.99. The molecule has 1 aliphatic rings. The van der Waals surface area contributed by atoms with Crippen LogP contribution in [0.3, 0.4) is 0 Å². The highest BCUT2D eigenvalue weighted by Gasteiger charge is 2.20. The van der Waals surface area contributed by atoms with Crippen molar-refractivity contribution in [3.63, 3.8) is 0 Å². The van der Waals surface area contributed by atoms with Crippen molar-refractivity contribution in [2.75, 3.05) is 13.3 Å². The molecule has 0 amide bonds. The molecule has 1 N–H and O–H groups in total. The Morgan fingerprint density at radius 2 is 2.10 bits per heavy atom. The smallest absolute Gasteiger partial charge is 0.240 e. The summed E-state index contributed by atoms with van der Waals surface area (Å²) in [5.41, 5.74) is 0. The maximum atomic E-state index is 12.2. The molecule has 0 unspecified atom stereocenters. The molecule has 0 atom stereocenters. The highest BCUT2D eigenvalue weighted by atomic mass is 32.2. The number of aryl methyl sites for hydroxylation is 1. The van der Waals surface area contributed by atoms with Crippen molar-refractivity contribution in [3.8, 4) is 11.5 Å². The van der Waals surface area contributed by atoms with Gasteiger partial charge in [0.05, 0.1) is 11.1 Å². The van der Waals surface area contributed by atoms with Crippen LogP contribution < -0.4 is 14.2 Å². The van der Waals surface area contributed by atoms with Crippen LogP contribution in [0.2, 0.25) is 0 Å². The van der Waals surface area contributed by atoms with E-state index < -0.39 is 10.0 Å². The lowest BCUT2D eigenvalue weighted by Gasteiger charge is -2.06. The third-order valence-corrected chi connectivity index (χ3v) is 4.41. The van der Waals surface area contributed by atoms with Crippen LogP contribution in [0.25, 0.3) is 0 Å². The van der Waals surface area contributed by atoms with Crippen LogP contribution in [-0.2, 0) is 16.4 Å². The van der Waals surface area contributed by atoms with E-state index in [0.29, 0.717) is 29.6 Å². The Hall–Kier alpha value is -2.06. The summed E-state index contributed by atoms with van der Waals surface area (Å²) in [6, 6.07) is 4.50. The quantitative estimate of drug-likeness (QED) is 0.893. The van der Waals surface area contributed by atoms with E-state index in [-0.39, 0.29) is 18.2 Å². The number of oxazole rings is 1. The van der Waals surface area contributed by atoms with Crippen molar-refractivity contribution in [2.24, 2.45) is 0 Å². The first-order valence-electron chi connectivity index (χ1n) is 6.35. The van der Waals surface area contributed by atoms with Gasteiger partial charge in [0.2, 0.25) is 16.8 Å². The van der Waals surface area contributed by atoms with Gasteiger partial charge in [0, 0.05) is 19.0 Å². The fraction of sp³-hybridized carbons (Fsp3) is 0.308. The number of rotatable bonds is 5. The molecule has 3 rings (SSSR count). The van der Waals surface area contributed by atoms with E-state index in [4.69, 9.17) is 13.9 Å². The fourth-order valence-electron chi connectivity index (χ4n) is 1.94. The average Bonchev–Trinajstić information content (AvgIpc) is 3.06. The summed E-state index contributed by atoms with van der Waals surface area (Å²) in [4.78, 5) is 4.15. The van der Waals surface area contributed by atoms with Gasteiger partial charge in [0.1, 0.15) is 5.76 Å². The van der Waals surface area contributed by atoms with E-state index >= 15 is 0 Å². The highest BCUT2D eigenvalue weighted by molar-refractivity contribution is 7.89. The Morgan fingerprint density at radius 3 is 2.86 bits per heavy atom. The highest BCUT2D eigenvalue weighted by Crippen LogP contribution is 2.33. The first kappa shape index (κ1) is 13.9. The Morgan fingerprint density at radius 1 is 1.29 bits per heavy atom. The Balaban J connectivity index is 1.66. The summed E-state index contributed by atoms with van der Waals surface area (Å²) in [5, 5.41) is 0. The molecule has 0 fully saturated rings. The minimum absolute atomic E-state index is 0.107. The molecule has 8 heteroatoms. The topological polar surface area (TPSA) is 90.7 Å². The van der Waals surface area contributed by atoms with E-state index in [0.717, 1.165) is 0 Å². The zero-order valence-corrected chi connectivity index (χ0v) is 12.1. The number of sulfonamides is 1. The Kier molecular flexibility index (Phi) is 3.56. The van der Waals surface area contributed by atoms with Gasteiger partial charge in [-0.3, -0.25) is 0 Å². The molecule has 2 aromatic rings. The van der Waals surface area contributed by atoms with Crippen molar-refractivity contribution in [3.05, 3.63) is 36.0 Å². The number of fused-ring (bicyclic) bond motifs is 1. The zero-order chi connectivity index (χ0) is 14.9. The molecule has 0 saturated heterocycles. The number of ether oxygens (including phenoxy) is 2. The molecule has 112 valence electrons. The SMILES string of the molecule is Cc1cnc(CCNS(=O)(=O)c2ccc3c(c2)OCO3)o1. The van der Waals surface area contributed by atoms with Gasteiger partial charge >= 0.3 is 0 Å². The molecule has 7 nitrogen and oxygen atoms in total. The van der Waals surface area contributed by atoms with Crippen LogP contribution in [0, 0.1) is 6.92 Å². The van der Waals surface area contributed by atoms with Crippen LogP contribution in [0.1, 0.15) is 11.7 Å². The molecule has 0 radical (unpaired) electrons. The van der Waals surface area contributed by atoms with Crippen LogP contribution in [0.5, 0.6) is 11.5 Å². The van der Waals surface area contributed by atoms with Crippen molar-refractivity contribution >= 4 is 10.0 Å². The molecular weight excluding hydrogens is 296 g/mol. The van der Waals surface area contributed by atoms with Gasteiger partial charge in [-0.05, 0) is 19.1 Å². The zero-order valence-electron chi connectivity index (χ0n) is 11.3. The lowest BCUT2D eigenvalue weighted by atomic mass is 10.3. The standard InChI is InChI=1S/C13H14N2O5S/c1-9-7-14-13(20-9)4-5-15-21(16,17)10-2-3-11-12(6-10)19-8-18-11/h2-3,6-7,15H,4-5,8H2,1H3. The molecule has 0 spiro atoms. The molecule has 21 heavy (non-hydrogen) atoms. The number of aromatic nitrogens is 1. The van der Waals surface area contributed by atoms with Crippen molar-refractivity contribution in [2.45, 2.75) is 18.2 Å². The van der Waals surface area contributed by atoms with E-state index in [1.165, 1.54) is 12.1 Å². The molecule has 0 aliphatic carbocycles. The first-order valence-corrected chi connectivity index (χ1v) is 7.83. The van der Waals surface area contributed by atoms with Crippen LogP contribution in [0.15, 0.2) is 33.7 Å². The van der Waals surface area contributed by atoms with Crippen molar-refractivity contribution < 1.29 is 22.3 Å². The minimum Gasteiger partial charge on any atom is -0.454 e. The van der Waals surface area contributed by atoms with Crippen LogP contribution in [-0.4, -0.2) is 26.7 Å². The van der Waals surface area contributed by atoms with Gasteiger partial charge < -0.3 is 13.9 Å². The second kappa shape index (κ2) is 5.38. The summed E-state index contributed by atoms with van der Waals surface area (Å²) in [7, 11) is -3.60. The maximum Gasteiger partial charge on any atom is 0.240 e. The van der Waals surface area contributed by atoms with Gasteiger partial charge in [0.15, 0.2) is 17.4 Å². The van der Waals surface area contributed by atoms with Crippen LogP contribution >= 0.6 is 0 Å². The van der Waals surface area contributed by atoms with E-state index in [9.17, 15) is 8.42 Å². The third kappa shape index (κ3) is 3.01. The van der Waals surface area contributed by atoms with Gasteiger partial charge in [-0.15, -0.1) is 0 Å². The van der Waals surface area contributed by atoms with Gasteiger partial charge in [-0.25, -0.2) is 18.1 Å². The molecule has 1 aromatic heterocycles. The normalized spacial score (nSPS) is 13.6. The lowest BCUT2D eigenvalue weighted by Crippen LogP contribution is -2.26. The second-order valence-corrected chi connectivity index (χ2v) is 6.29. The summed E-state index contributed by atoms with van der Waals surface area (Å²) in [6.45, 7) is 2.10. The van der Waals surface area contributed by atoms with Gasteiger partial charge in [0.25, 0.3) is 0 Å². The average molecular weight is 310 g/mol. The molecule has 1 aromatic carbocycles. The molecule has 1 aliphatic heterocycles. The summed E-state index contributed by atoms with van der Waals surface area (Å²) >= 11 is 0. The van der Waals surface area contributed by atoms with E-state index in [2.05, 4.69) is 9.71 Å². The van der Waals surface area contributed by atoms with Crippen LogP contribution in [0.4, 0.5) is 0 Å². The lowest BCUT2D eigenvalue weighted by molar-refractivity contribution is 0.174. The predicted octanol–water partition coefficient (Wildman–Crippen LogP) is 1.23. The fourth-order valence-corrected chi connectivity index (χ4v) is 2.98. The Labute approximate surface area is 121 Å². The molecule has 2 heterocycles. The number of nitrogens with one attached hydrogen (secondary N) is 1. The Bertz CT molecular complexity index is 754. The second-order valence-electron chi connectivity index (χ2n) is 4.53. The number of hydrogen-bond acceptors (Lipinski definition) is 6. The number of hydrogen-bond donors (Lipinski definition) is 1. The van der Waals surface area contributed by atoms with E-state index in [1.54, 1.807) is 19.2 Å². The monoisotopic (exact) mass is 310 g/mol. The maximum absolute atomic E-state index is 12.2. The molecular formula is C13H14N2O5S.